The molecule has 1 aromatic heterocycles. The van der Waals surface area contributed by atoms with Gasteiger partial charge in [0.1, 0.15) is 4.60 Å². The van der Waals surface area contributed by atoms with Crippen molar-refractivity contribution < 1.29 is 8.42 Å². The van der Waals surface area contributed by atoms with E-state index in [-0.39, 0.29) is 0 Å². The molecule has 0 amide bonds. The van der Waals surface area contributed by atoms with Gasteiger partial charge in [-0.1, -0.05) is 0 Å². The van der Waals surface area contributed by atoms with Crippen LogP contribution in [-0.4, -0.2) is 18.9 Å². The zero-order valence-corrected chi connectivity index (χ0v) is 12.6. The number of rotatable bonds is 3. The SMILES string of the molecule is Cc1nc(Br)ccc1NS(=O)(=O)NC(C)(C)C. The fourth-order valence-electron chi connectivity index (χ4n) is 1.21. The van der Waals surface area contributed by atoms with Crippen LogP contribution in [0.4, 0.5) is 5.69 Å². The summed E-state index contributed by atoms with van der Waals surface area (Å²) < 4.78 is 29.2. The summed E-state index contributed by atoms with van der Waals surface area (Å²) in [6.45, 7) is 7.07. The smallest absolute Gasteiger partial charge is 0.269 e. The highest BCUT2D eigenvalue weighted by Crippen LogP contribution is 2.17. The number of halogens is 1. The minimum Gasteiger partial charge on any atom is -0.269 e. The van der Waals surface area contributed by atoms with Crippen molar-refractivity contribution in [1.29, 1.82) is 0 Å². The minimum absolute atomic E-state index is 0.463. The topological polar surface area (TPSA) is 71.1 Å². The van der Waals surface area contributed by atoms with Crippen LogP contribution in [0.3, 0.4) is 0 Å². The first kappa shape index (κ1) is 14.4. The fraction of sp³-hybridized carbons (Fsp3) is 0.500. The highest BCUT2D eigenvalue weighted by molar-refractivity contribution is 9.10. The van der Waals surface area contributed by atoms with E-state index in [0.29, 0.717) is 16.0 Å². The average Bonchev–Trinajstić information content (AvgIpc) is 2.05. The van der Waals surface area contributed by atoms with Gasteiger partial charge >= 0.3 is 0 Å². The molecule has 0 saturated carbocycles. The summed E-state index contributed by atoms with van der Waals surface area (Å²) >= 11 is 3.22. The molecule has 0 aliphatic rings. The van der Waals surface area contributed by atoms with Crippen LogP contribution in [0.1, 0.15) is 26.5 Å². The molecule has 0 aliphatic carbocycles. The average molecular weight is 322 g/mol. The molecule has 5 nitrogen and oxygen atoms in total. The van der Waals surface area contributed by atoms with Crippen LogP contribution >= 0.6 is 15.9 Å². The molecule has 2 N–H and O–H groups in total. The molecule has 17 heavy (non-hydrogen) atoms. The molecule has 0 fully saturated rings. The number of nitrogens with zero attached hydrogens (tertiary/aromatic N) is 1. The Labute approximate surface area is 110 Å². The summed E-state index contributed by atoms with van der Waals surface area (Å²) in [5.41, 5.74) is 0.548. The van der Waals surface area contributed by atoms with Crippen molar-refractivity contribution in [2.45, 2.75) is 33.2 Å². The third-order valence-corrected chi connectivity index (χ3v) is 3.55. The van der Waals surface area contributed by atoms with Crippen molar-refractivity contribution >= 4 is 31.8 Å². The van der Waals surface area contributed by atoms with E-state index in [2.05, 4.69) is 30.4 Å². The van der Waals surface area contributed by atoms with Gasteiger partial charge in [-0.3, -0.25) is 4.72 Å². The predicted octanol–water partition coefficient (Wildman–Crippen LogP) is 2.20. The molecule has 0 spiro atoms. The molecular formula is C10H16BrN3O2S. The number of aryl methyl sites for hydroxylation is 1. The maximum Gasteiger partial charge on any atom is 0.299 e. The molecule has 0 atom stereocenters. The molecule has 1 rings (SSSR count). The van der Waals surface area contributed by atoms with Gasteiger partial charge in [0.25, 0.3) is 10.2 Å². The van der Waals surface area contributed by atoms with E-state index in [9.17, 15) is 8.42 Å². The first-order valence-electron chi connectivity index (χ1n) is 5.04. The number of aromatic nitrogens is 1. The lowest BCUT2D eigenvalue weighted by atomic mass is 10.1. The van der Waals surface area contributed by atoms with Crippen LogP contribution < -0.4 is 9.44 Å². The second-order valence-electron chi connectivity index (χ2n) is 4.72. The van der Waals surface area contributed by atoms with Gasteiger partial charge < -0.3 is 0 Å². The molecule has 7 heteroatoms. The quantitative estimate of drug-likeness (QED) is 0.838. The van der Waals surface area contributed by atoms with Gasteiger partial charge in [0.15, 0.2) is 0 Å². The Morgan fingerprint density at radius 2 is 1.88 bits per heavy atom. The lowest BCUT2D eigenvalue weighted by Crippen LogP contribution is -2.43. The molecule has 0 unspecified atom stereocenters. The number of hydrogen-bond donors (Lipinski definition) is 2. The van der Waals surface area contributed by atoms with Crippen LogP contribution in [0.15, 0.2) is 16.7 Å². The van der Waals surface area contributed by atoms with Gasteiger partial charge in [-0.05, 0) is 55.8 Å². The molecule has 0 radical (unpaired) electrons. The van der Waals surface area contributed by atoms with Crippen molar-refractivity contribution in [3.63, 3.8) is 0 Å². The summed E-state index contributed by atoms with van der Waals surface area (Å²) in [6, 6.07) is 3.34. The third-order valence-electron chi connectivity index (χ3n) is 1.74. The summed E-state index contributed by atoms with van der Waals surface area (Å²) in [5.74, 6) is 0. The maximum absolute atomic E-state index is 11.8. The van der Waals surface area contributed by atoms with E-state index in [4.69, 9.17) is 0 Å². The van der Waals surface area contributed by atoms with Crippen molar-refractivity contribution in [2.24, 2.45) is 0 Å². The molecule has 0 bridgehead atoms. The molecule has 1 heterocycles. The van der Waals surface area contributed by atoms with Gasteiger partial charge in [0, 0.05) is 5.54 Å². The first-order valence-corrected chi connectivity index (χ1v) is 7.31. The minimum atomic E-state index is -3.58. The van der Waals surface area contributed by atoms with E-state index >= 15 is 0 Å². The van der Waals surface area contributed by atoms with Gasteiger partial charge in [-0.15, -0.1) is 0 Å². The fourth-order valence-corrected chi connectivity index (χ4v) is 2.97. The lowest BCUT2D eigenvalue weighted by Gasteiger charge is -2.21. The standard InChI is InChI=1S/C10H16BrN3O2S/c1-7-8(5-6-9(11)12-7)13-17(15,16)14-10(2,3)4/h5-6,13-14H,1-4H3. The van der Waals surface area contributed by atoms with Gasteiger partial charge in [0.2, 0.25) is 0 Å². The van der Waals surface area contributed by atoms with E-state index < -0.39 is 15.7 Å². The maximum atomic E-state index is 11.8. The van der Waals surface area contributed by atoms with Crippen molar-refractivity contribution in [1.82, 2.24) is 9.71 Å². The molecule has 0 aromatic carbocycles. The Balaban J connectivity index is 2.91. The highest BCUT2D eigenvalue weighted by Gasteiger charge is 2.20. The number of nitrogens with one attached hydrogen (secondary N) is 2. The van der Waals surface area contributed by atoms with Crippen LogP contribution in [0.25, 0.3) is 0 Å². The van der Waals surface area contributed by atoms with Crippen molar-refractivity contribution in [3.8, 4) is 0 Å². The first-order chi connectivity index (χ1) is 7.59. The Bertz CT molecular complexity index is 509. The molecular weight excluding hydrogens is 306 g/mol. The summed E-state index contributed by atoms with van der Waals surface area (Å²) in [7, 11) is -3.58. The summed E-state index contributed by atoms with van der Waals surface area (Å²) in [6.07, 6.45) is 0. The van der Waals surface area contributed by atoms with E-state index in [1.807, 2.05) is 0 Å². The zero-order chi connectivity index (χ0) is 13.3. The van der Waals surface area contributed by atoms with E-state index in [1.165, 1.54) is 0 Å². The van der Waals surface area contributed by atoms with Crippen LogP contribution in [-0.2, 0) is 10.2 Å². The third kappa shape index (κ3) is 5.01. The Morgan fingerprint density at radius 3 is 2.35 bits per heavy atom. The van der Waals surface area contributed by atoms with Crippen molar-refractivity contribution in [3.05, 3.63) is 22.4 Å². The van der Waals surface area contributed by atoms with E-state index in [1.54, 1.807) is 39.8 Å². The van der Waals surface area contributed by atoms with Crippen molar-refractivity contribution in [2.75, 3.05) is 4.72 Å². The molecule has 1 aromatic rings. The summed E-state index contributed by atoms with van der Waals surface area (Å²) in [5, 5.41) is 0. The van der Waals surface area contributed by atoms with Crippen LogP contribution in [0.2, 0.25) is 0 Å². The van der Waals surface area contributed by atoms with Gasteiger partial charge in [-0.25, -0.2) is 4.98 Å². The van der Waals surface area contributed by atoms with Gasteiger partial charge in [-0.2, -0.15) is 13.1 Å². The summed E-state index contributed by atoms with van der Waals surface area (Å²) in [4.78, 5) is 4.12. The largest absolute Gasteiger partial charge is 0.299 e. The van der Waals surface area contributed by atoms with Gasteiger partial charge in [0.05, 0.1) is 11.4 Å². The molecule has 0 aliphatic heterocycles. The lowest BCUT2D eigenvalue weighted by molar-refractivity contribution is 0.494. The second kappa shape index (κ2) is 4.91. The number of pyridine rings is 1. The predicted molar refractivity (Wildman–Crippen MR) is 72.1 cm³/mol. The molecule has 96 valence electrons. The number of anilines is 1. The number of hydrogen-bond acceptors (Lipinski definition) is 3. The Morgan fingerprint density at radius 1 is 1.29 bits per heavy atom. The van der Waals surface area contributed by atoms with Crippen LogP contribution in [0.5, 0.6) is 0 Å². The normalized spacial score (nSPS) is 12.5. The highest BCUT2D eigenvalue weighted by atomic mass is 79.9. The Hall–Kier alpha value is -0.660. The molecule has 0 saturated heterocycles. The zero-order valence-electron chi connectivity index (χ0n) is 10.2. The monoisotopic (exact) mass is 321 g/mol. The Kier molecular flexibility index (Phi) is 4.16. The van der Waals surface area contributed by atoms with Crippen LogP contribution in [0, 0.1) is 6.92 Å². The van der Waals surface area contributed by atoms with E-state index in [0.717, 1.165) is 0 Å². The second-order valence-corrected chi connectivity index (χ2v) is 6.95.